The predicted molar refractivity (Wildman–Crippen MR) is 65.4 cm³/mol. The van der Waals surface area contributed by atoms with Crippen LogP contribution < -0.4 is 10.6 Å². The van der Waals surface area contributed by atoms with Gasteiger partial charge in [-0.15, -0.1) is 0 Å². The second-order valence-electron chi connectivity index (χ2n) is 5.10. The van der Waals surface area contributed by atoms with Crippen LogP contribution in [0, 0.1) is 0 Å². The number of amides is 1. The highest BCUT2D eigenvalue weighted by molar-refractivity contribution is 5.82. The van der Waals surface area contributed by atoms with Crippen LogP contribution >= 0.6 is 0 Å². The molecule has 0 aromatic carbocycles. The minimum atomic E-state index is -0.154. The smallest absolute Gasteiger partial charge is 0.222 e. The molecule has 2 N–H and O–H groups in total. The zero-order valence-electron chi connectivity index (χ0n) is 10.6. The minimum absolute atomic E-state index is 0.0706. The second kappa shape index (κ2) is 5.18. The number of guanidine groups is 1. The molecule has 0 saturated heterocycles. The first-order chi connectivity index (χ1) is 7.38. The Morgan fingerprint density at radius 3 is 2.69 bits per heavy atom. The van der Waals surface area contributed by atoms with Crippen LogP contribution in [0.3, 0.4) is 0 Å². The molecule has 0 aliphatic carbocycles. The van der Waals surface area contributed by atoms with E-state index >= 15 is 0 Å². The molecule has 16 heavy (non-hydrogen) atoms. The Morgan fingerprint density at radius 1 is 1.50 bits per heavy atom. The molecule has 0 atom stereocenters. The van der Waals surface area contributed by atoms with Crippen LogP contribution in [0.4, 0.5) is 0 Å². The molecular formula is C11H22N4O. The molecule has 1 aliphatic heterocycles. The van der Waals surface area contributed by atoms with Gasteiger partial charge in [-0.3, -0.25) is 9.79 Å². The third kappa shape index (κ3) is 4.51. The van der Waals surface area contributed by atoms with E-state index in [2.05, 4.69) is 20.5 Å². The quantitative estimate of drug-likeness (QED) is 0.722. The highest BCUT2D eigenvalue weighted by Gasteiger charge is 2.14. The molecule has 0 unspecified atom stereocenters. The normalized spacial score (nSPS) is 16.0. The van der Waals surface area contributed by atoms with Crippen molar-refractivity contribution in [3.05, 3.63) is 0 Å². The van der Waals surface area contributed by atoms with Crippen molar-refractivity contribution in [3.8, 4) is 0 Å². The van der Waals surface area contributed by atoms with E-state index in [-0.39, 0.29) is 11.4 Å². The molecule has 0 saturated carbocycles. The summed E-state index contributed by atoms with van der Waals surface area (Å²) in [6.07, 6.45) is 0.476. The fraction of sp³-hybridized carbons (Fsp3) is 0.818. The van der Waals surface area contributed by atoms with Gasteiger partial charge in [0.1, 0.15) is 0 Å². The standard InChI is InChI=1S/C11H22N4O/c1-11(2,3)14-9(16)5-6-12-10-13-7-8-15(10)4/h5-8H2,1-4H3,(H,12,13)(H,14,16). The van der Waals surface area contributed by atoms with Crippen molar-refractivity contribution in [1.29, 1.82) is 0 Å². The van der Waals surface area contributed by atoms with Crippen LogP contribution in [0.15, 0.2) is 4.99 Å². The third-order valence-corrected chi connectivity index (χ3v) is 2.21. The summed E-state index contributed by atoms with van der Waals surface area (Å²) >= 11 is 0. The molecule has 5 nitrogen and oxygen atoms in total. The van der Waals surface area contributed by atoms with Crippen LogP contribution in [0.1, 0.15) is 27.2 Å². The van der Waals surface area contributed by atoms with Crippen LogP contribution in [0.25, 0.3) is 0 Å². The summed E-state index contributed by atoms with van der Waals surface area (Å²) in [7, 11) is 1.99. The first-order valence-corrected chi connectivity index (χ1v) is 5.69. The van der Waals surface area contributed by atoms with Crippen molar-refractivity contribution in [2.24, 2.45) is 4.99 Å². The lowest BCUT2D eigenvalue weighted by Crippen LogP contribution is -2.43. The highest BCUT2D eigenvalue weighted by Crippen LogP contribution is 1.99. The highest BCUT2D eigenvalue weighted by atomic mass is 16.1. The SMILES string of the molecule is CN1CCN=C1NCCC(=O)NC(C)(C)C. The Balaban J connectivity index is 2.18. The van der Waals surface area contributed by atoms with Gasteiger partial charge in [-0.1, -0.05) is 0 Å². The number of carbonyl (C=O) groups is 1. The minimum Gasteiger partial charge on any atom is -0.356 e. The maximum atomic E-state index is 11.5. The lowest BCUT2D eigenvalue weighted by molar-refractivity contribution is -0.122. The van der Waals surface area contributed by atoms with Gasteiger partial charge in [-0.25, -0.2) is 0 Å². The number of likely N-dealkylation sites (N-methyl/N-ethyl adjacent to an activating group) is 1. The van der Waals surface area contributed by atoms with Crippen LogP contribution in [-0.4, -0.2) is 49.0 Å². The summed E-state index contributed by atoms with van der Waals surface area (Å²) in [6.45, 7) is 8.36. The number of nitrogens with zero attached hydrogens (tertiary/aromatic N) is 2. The fourth-order valence-electron chi connectivity index (χ4n) is 1.49. The number of nitrogens with one attached hydrogen (secondary N) is 2. The fourth-order valence-corrected chi connectivity index (χ4v) is 1.49. The van der Waals surface area contributed by atoms with Crippen molar-refractivity contribution in [1.82, 2.24) is 15.5 Å². The maximum Gasteiger partial charge on any atom is 0.222 e. The lowest BCUT2D eigenvalue weighted by Gasteiger charge is -2.21. The Kier molecular flexibility index (Phi) is 4.15. The summed E-state index contributed by atoms with van der Waals surface area (Å²) in [5.41, 5.74) is -0.154. The van der Waals surface area contributed by atoms with Crippen LogP contribution in [0.5, 0.6) is 0 Å². The van der Waals surface area contributed by atoms with Crippen molar-refractivity contribution in [2.45, 2.75) is 32.7 Å². The van der Waals surface area contributed by atoms with Gasteiger partial charge < -0.3 is 15.5 Å². The number of aliphatic imine (C=N–C) groups is 1. The Labute approximate surface area is 97.3 Å². The van der Waals surface area contributed by atoms with E-state index in [0.29, 0.717) is 13.0 Å². The van der Waals surface area contributed by atoms with Crippen molar-refractivity contribution in [2.75, 3.05) is 26.7 Å². The van der Waals surface area contributed by atoms with Crippen LogP contribution in [-0.2, 0) is 4.79 Å². The first kappa shape index (κ1) is 12.8. The van der Waals surface area contributed by atoms with Gasteiger partial charge in [-0.2, -0.15) is 0 Å². The summed E-state index contributed by atoms with van der Waals surface area (Å²) in [5.74, 6) is 0.963. The average Bonchev–Trinajstić information content (AvgIpc) is 2.48. The Bertz CT molecular complexity index is 280. The second-order valence-corrected chi connectivity index (χ2v) is 5.10. The number of rotatable bonds is 3. The summed E-state index contributed by atoms with van der Waals surface area (Å²) in [5, 5.41) is 6.09. The zero-order valence-corrected chi connectivity index (χ0v) is 10.6. The Hall–Kier alpha value is -1.26. The van der Waals surface area contributed by atoms with Crippen LogP contribution in [0.2, 0.25) is 0 Å². The Morgan fingerprint density at radius 2 is 2.19 bits per heavy atom. The lowest BCUT2D eigenvalue weighted by atomic mass is 10.1. The average molecular weight is 226 g/mol. The third-order valence-electron chi connectivity index (χ3n) is 2.21. The topological polar surface area (TPSA) is 56.7 Å². The molecule has 5 heteroatoms. The molecule has 0 aromatic rings. The van der Waals surface area contributed by atoms with Gasteiger partial charge in [0.05, 0.1) is 6.54 Å². The van der Waals surface area contributed by atoms with E-state index in [1.165, 1.54) is 0 Å². The van der Waals surface area contributed by atoms with Gasteiger partial charge in [-0.05, 0) is 20.8 Å². The van der Waals surface area contributed by atoms with Gasteiger partial charge in [0, 0.05) is 32.1 Å². The number of hydrogen-bond acceptors (Lipinski definition) is 4. The number of carbonyl (C=O) groups excluding carboxylic acids is 1. The van der Waals surface area contributed by atoms with Gasteiger partial charge in [0.15, 0.2) is 5.96 Å². The van der Waals surface area contributed by atoms with E-state index in [1.807, 2.05) is 27.8 Å². The van der Waals surface area contributed by atoms with Crippen molar-refractivity contribution < 1.29 is 4.79 Å². The molecule has 0 aromatic heterocycles. The molecule has 0 spiro atoms. The number of hydrogen-bond donors (Lipinski definition) is 2. The maximum absolute atomic E-state index is 11.5. The molecule has 1 heterocycles. The molecule has 0 radical (unpaired) electrons. The molecule has 0 bridgehead atoms. The summed E-state index contributed by atoms with van der Waals surface area (Å²) < 4.78 is 0. The van der Waals surface area contributed by atoms with Gasteiger partial charge in [0.25, 0.3) is 0 Å². The zero-order chi connectivity index (χ0) is 12.2. The van der Waals surface area contributed by atoms with Crippen molar-refractivity contribution in [3.63, 3.8) is 0 Å². The van der Waals surface area contributed by atoms with Gasteiger partial charge >= 0.3 is 0 Å². The van der Waals surface area contributed by atoms with Crippen molar-refractivity contribution >= 4 is 11.9 Å². The van der Waals surface area contributed by atoms with Gasteiger partial charge in [0.2, 0.25) is 5.91 Å². The molecule has 1 aliphatic rings. The summed E-state index contributed by atoms with van der Waals surface area (Å²) in [6, 6.07) is 0. The predicted octanol–water partition coefficient (Wildman–Crippen LogP) is 0.182. The largest absolute Gasteiger partial charge is 0.356 e. The molecular weight excluding hydrogens is 204 g/mol. The first-order valence-electron chi connectivity index (χ1n) is 5.69. The molecule has 92 valence electrons. The van der Waals surface area contributed by atoms with E-state index in [0.717, 1.165) is 19.0 Å². The van der Waals surface area contributed by atoms with E-state index in [9.17, 15) is 4.79 Å². The van der Waals surface area contributed by atoms with E-state index in [4.69, 9.17) is 0 Å². The summed E-state index contributed by atoms with van der Waals surface area (Å²) in [4.78, 5) is 17.9. The molecule has 1 rings (SSSR count). The molecule has 0 fully saturated rings. The van der Waals surface area contributed by atoms with E-state index < -0.39 is 0 Å². The van der Waals surface area contributed by atoms with E-state index in [1.54, 1.807) is 0 Å². The molecule has 1 amide bonds. The monoisotopic (exact) mass is 226 g/mol.